The molecule has 0 spiro atoms. The minimum Gasteiger partial charge on any atom is -0.0991 e. The van der Waals surface area contributed by atoms with Gasteiger partial charge >= 0.3 is 0 Å². The van der Waals surface area contributed by atoms with E-state index in [0.29, 0.717) is 0 Å². The zero-order chi connectivity index (χ0) is 35.7. The van der Waals surface area contributed by atoms with Crippen LogP contribution in [0.2, 0.25) is 0 Å². The average molecular weight is 675 g/mol. The highest BCUT2D eigenvalue weighted by molar-refractivity contribution is 6.15. The predicted molar refractivity (Wildman–Crippen MR) is 230 cm³/mol. The Bertz CT molecular complexity index is 2990. The summed E-state index contributed by atoms with van der Waals surface area (Å²) < 4.78 is 0. The first kappa shape index (κ1) is 31.3. The van der Waals surface area contributed by atoms with Crippen LogP contribution >= 0.6 is 0 Å². The maximum atomic E-state index is 3.83. The lowest BCUT2D eigenvalue weighted by atomic mass is 9.81. The zero-order valence-corrected chi connectivity index (χ0v) is 30.0. The lowest BCUT2D eigenvalue weighted by molar-refractivity contribution is 0.660. The molecule has 1 aliphatic carbocycles. The molecule has 0 fully saturated rings. The smallest absolute Gasteiger partial charge is 0.0159 e. The van der Waals surface area contributed by atoms with Crippen LogP contribution in [-0.4, -0.2) is 0 Å². The Morgan fingerprint density at radius 3 is 1.62 bits per heavy atom. The molecule has 0 aliphatic heterocycles. The molecule has 0 bridgehead atoms. The molecule has 0 saturated heterocycles. The summed E-state index contributed by atoms with van der Waals surface area (Å²) in [7, 11) is 0. The van der Waals surface area contributed by atoms with Gasteiger partial charge in [0.25, 0.3) is 0 Å². The van der Waals surface area contributed by atoms with Crippen molar-refractivity contribution in [2.75, 3.05) is 0 Å². The normalized spacial score (nSPS) is 13.2. The predicted octanol–water partition coefficient (Wildman–Crippen LogP) is 14.8. The van der Waals surface area contributed by atoms with Crippen LogP contribution in [0.5, 0.6) is 0 Å². The molecule has 9 aromatic carbocycles. The standard InChI is InChI=1S/C53H38/c1-4-5-12-34-19-20-39-32-50(46-16-9-8-15-45(46)49(39)29-34)38-24-22-35-30-37(23-21-36(35)31-38)41-27-28-42(44-14-7-6-13-43(41)44)40-25-26-48-47-17-10-11-18-51(47)53(2,3)52(48)33-40/h4-33H,1H2,2-3H3/b12-5-. The van der Waals surface area contributed by atoms with Crippen LogP contribution in [0.4, 0.5) is 0 Å². The van der Waals surface area contributed by atoms with Crippen LogP contribution in [0.3, 0.4) is 0 Å². The summed E-state index contributed by atoms with van der Waals surface area (Å²) in [6.07, 6.45) is 5.92. The topological polar surface area (TPSA) is 0 Å². The summed E-state index contributed by atoms with van der Waals surface area (Å²) in [5, 5.41) is 10.1. The maximum absolute atomic E-state index is 3.83. The van der Waals surface area contributed by atoms with Crippen LogP contribution in [0.1, 0.15) is 30.5 Å². The number of hydrogen-bond donors (Lipinski definition) is 0. The first-order valence-corrected chi connectivity index (χ1v) is 18.5. The van der Waals surface area contributed by atoms with Gasteiger partial charge in [0.05, 0.1) is 0 Å². The highest BCUT2D eigenvalue weighted by Gasteiger charge is 2.35. The molecule has 0 aromatic heterocycles. The van der Waals surface area contributed by atoms with Crippen LogP contribution < -0.4 is 0 Å². The molecular formula is C53H38. The second kappa shape index (κ2) is 12.0. The minimum atomic E-state index is -0.0306. The molecule has 53 heavy (non-hydrogen) atoms. The SMILES string of the molecule is C=C/C=C\c1ccc2cc(-c3ccc4cc(-c5ccc(-c6ccc7c(c6)C(C)(C)c6ccccc6-7)c6ccccc56)ccc4c3)c3ccccc3c2c1. The van der Waals surface area contributed by atoms with Crippen molar-refractivity contribution in [2.45, 2.75) is 19.3 Å². The third kappa shape index (κ3) is 4.98. The Hall–Kier alpha value is -6.50. The van der Waals surface area contributed by atoms with E-state index in [1.807, 2.05) is 12.2 Å². The number of allylic oxidation sites excluding steroid dienone is 2. The molecule has 10 rings (SSSR count). The van der Waals surface area contributed by atoms with E-state index in [0.717, 1.165) is 0 Å². The van der Waals surface area contributed by atoms with E-state index in [1.165, 1.54) is 104 Å². The van der Waals surface area contributed by atoms with Crippen molar-refractivity contribution in [2.24, 2.45) is 0 Å². The van der Waals surface area contributed by atoms with E-state index in [1.54, 1.807) is 0 Å². The fourth-order valence-electron chi connectivity index (χ4n) is 8.90. The third-order valence-electron chi connectivity index (χ3n) is 11.6. The van der Waals surface area contributed by atoms with E-state index >= 15 is 0 Å². The quantitative estimate of drug-likeness (QED) is 0.126. The molecule has 0 amide bonds. The van der Waals surface area contributed by atoms with Crippen molar-refractivity contribution in [3.8, 4) is 44.5 Å². The third-order valence-corrected chi connectivity index (χ3v) is 11.6. The fourth-order valence-corrected chi connectivity index (χ4v) is 8.90. The van der Waals surface area contributed by atoms with Crippen LogP contribution in [-0.2, 0) is 5.41 Å². The van der Waals surface area contributed by atoms with Gasteiger partial charge in [-0.1, -0.05) is 172 Å². The van der Waals surface area contributed by atoms with Gasteiger partial charge in [0.2, 0.25) is 0 Å². The number of hydrogen-bond acceptors (Lipinski definition) is 0. The fraction of sp³-hybridized carbons (Fsp3) is 0.0566. The van der Waals surface area contributed by atoms with E-state index in [-0.39, 0.29) is 5.41 Å². The lowest BCUT2D eigenvalue weighted by Gasteiger charge is -2.22. The Labute approximate surface area is 311 Å². The Morgan fingerprint density at radius 1 is 0.396 bits per heavy atom. The van der Waals surface area contributed by atoms with Crippen molar-refractivity contribution in [3.63, 3.8) is 0 Å². The molecule has 9 aromatic rings. The van der Waals surface area contributed by atoms with Crippen molar-refractivity contribution in [1.29, 1.82) is 0 Å². The molecule has 0 N–H and O–H groups in total. The highest BCUT2D eigenvalue weighted by atomic mass is 14.4. The molecule has 0 radical (unpaired) electrons. The van der Waals surface area contributed by atoms with Gasteiger partial charge in [-0.25, -0.2) is 0 Å². The van der Waals surface area contributed by atoms with Crippen molar-refractivity contribution >= 4 is 49.2 Å². The second-order valence-corrected chi connectivity index (χ2v) is 15.0. The maximum Gasteiger partial charge on any atom is 0.0159 e. The second-order valence-electron chi connectivity index (χ2n) is 15.0. The Kier molecular flexibility index (Phi) is 7.10. The van der Waals surface area contributed by atoms with Gasteiger partial charge in [0, 0.05) is 5.41 Å². The first-order valence-electron chi connectivity index (χ1n) is 18.5. The summed E-state index contributed by atoms with van der Waals surface area (Å²) in [5.41, 5.74) is 14.2. The highest BCUT2D eigenvalue weighted by Crippen LogP contribution is 2.50. The summed E-state index contributed by atoms with van der Waals surface area (Å²) in [6.45, 7) is 8.54. The van der Waals surface area contributed by atoms with Gasteiger partial charge in [0.15, 0.2) is 0 Å². The van der Waals surface area contributed by atoms with E-state index in [2.05, 4.69) is 190 Å². The summed E-state index contributed by atoms with van der Waals surface area (Å²) in [4.78, 5) is 0. The van der Waals surface area contributed by atoms with E-state index in [4.69, 9.17) is 0 Å². The van der Waals surface area contributed by atoms with Gasteiger partial charge in [-0.3, -0.25) is 0 Å². The summed E-state index contributed by atoms with van der Waals surface area (Å²) in [6, 6.07) is 61.2. The van der Waals surface area contributed by atoms with Gasteiger partial charge in [-0.2, -0.15) is 0 Å². The number of rotatable bonds is 5. The van der Waals surface area contributed by atoms with Crippen molar-refractivity contribution in [3.05, 3.63) is 199 Å². The van der Waals surface area contributed by atoms with Gasteiger partial charge in [-0.05, 0) is 135 Å². The monoisotopic (exact) mass is 674 g/mol. The molecule has 0 heteroatoms. The molecule has 0 atom stereocenters. The van der Waals surface area contributed by atoms with Crippen molar-refractivity contribution < 1.29 is 0 Å². The molecule has 0 nitrogen and oxygen atoms in total. The minimum absolute atomic E-state index is 0.0306. The number of fused-ring (bicyclic) bond motifs is 8. The molecule has 0 heterocycles. The lowest BCUT2D eigenvalue weighted by Crippen LogP contribution is -2.14. The molecular weight excluding hydrogens is 637 g/mol. The molecule has 1 aliphatic rings. The summed E-state index contributed by atoms with van der Waals surface area (Å²) in [5.74, 6) is 0. The average Bonchev–Trinajstić information content (AvgIpc) is 3.44. The van der Waals surface area contributed by atoms with Gasteiger partial charge in [-0.15, -0.1) is 0 Å². The number of benzene rings is 9. The molecule has 0 unspecified atom stereocenters. The molecule has 250 valence electrons. The first-order chi connectivity index (χ1) is 26.0. The van der Waals surface area contributed by atoms with Gasteiger partial charge in [0.1, 0.15) is 0 Å². The zero-order valence-electron chi connectivity index (χ0n) is 30.0. The Morgan fingerprint density at radius 2 is 0.925 bits per heavy atom. The van der Waals surface area contributed by atoms with Crippen LogP contribution in [0.25, 0.3) is 93.7 Å². The van der Waals surface area contributed by atoms with Crippen LogP contribution in [0, 0.1) is 0 Å². The molecule has 0 saturated carbocycles. The van der Waals surface area contributed by atoms with E-state index in [9.17, 15) is 0 Å². The largest absolute Gasteiger partial charge is 0.0991 e. The van der Waals surface area contributed by atoms with Gasteiger partial charge < -0.3 is 0 Å². The van der Waals surface area contributed by atoms with E-state index < -0.39 is 0 Å². The Balaban J connectivity index is 1.04. The van der Waals surface area contributed by atoms with Crippen LogP contribution in [0.15, 0.2) is 183 Å². The summed E-state index contributed by atoms with van der Waals surface area (Å²) >= 11 is 0. The van der Waals surface area contributed by atoms with Crippen molar-refractivity contribution in [1.82, 2.24) is 0 Å².